The van der Waals surface area contributed by atoms with Gasteiger partial charge in [-0.15, -0.1) is 5.10 Å². The monoisotopic (exact) mass is 326 g/mol. The summed E-state index contributed by atoms with van der Waals surface area (Å²) in [4.78, 5) is 22.5. The molecule has 4 heterocycles. The maximum atomic E-state index is 13.7. The molecule has 0 atom stereocenters. The van der Waals surface area contributed by atoms with Gasteiger partial charge in [0.05, 0.1) is 18.1 Å². The largest absolute Gasteiger partial charge is 0.355 e. The maximum Gasteiger partial charge on any atom is 0.276 e. The fourth-order valence-corrected chi connectivity index (χ4v) is 2.80. The molecule has 1 aliphatic heterocycles. The molecule has 0 aromatic carbocycles. The van der Waals surface area contributed by atoms with Gasteiger partial charge < -0.3 is 10.2 Å². The number of pyridine rings is 1. The van der Waals surface area contributed by atoms with Crippen molar-refractivity contribution in [3.63, 3.8) is 0 Å². The van der Waals surface area contributed by atoms with Crippen molar-refractivity contribution in [2.45, 2.75) is 12.8 Å². The molecule has 122 valence electrons. The number of hydrogen-bond donors (Lipinski definition) is 1. The summed E-state index contributed by atoms with van der Waals surface area (Å²) in [5, 5.41) is 7.04. The number of carbonyl (C=O) groups excluding carboxylic acids is 1. The lowest BCUT2D eigenvalue weighted by atomic mass is 10.3. The molecule has 1 aliphatic rings. The first-order valence-corrected chi connectivity index (χ1v) is 7.73. The van der Waals surface area contributed by atoms with Crippen molar-refractivity contribution >= 4 is 23.1 Å². The predicted octanol–water partition coefficient (Wildman–Crippen LogP) is 2.12. The van der Waals surface area contributed by atoms with Gasteiger partial charge in [0.2, 0.25) is 0 Å². The maximum absolute atomic E-state index is 13.7. The summed E-state index contributed by atoms with van der Waals surface area (Å²) < 4.78 is 15.1. The minimum absolute atomic E-state index is 0.0700. The van der Waals surface area contributed by atoms with E-state index in [1.165, 1.54) is 23.0 Å². The highest BCUT2D eigenvalue weighted by atomic mass is 19.1. The Hall–Kier alpha value is -3.03. The van der Waals surface area contributed by atoms with E-state index in [9.17, 15) is 9.18 Å². The number of fused-ring (bicyclic) bond motifs is 1. The van der Waals surface area contributed by atoms with E-state index < -0.39 is 11.7 Å². The summed E-state index contributed by atoms with van der Waals surface area (Å²) >= 11 is 0. The Morgan fingerprint density at radius 1 is 1.17 bits per heavy atom. The average molecular weight is 326 g/mol. The van der Waals surface area contributed by atoms with Crippen molar-refractivity contribution in [1.29, 1.82) is 0 Å². The molecule has 0 unspecified atom stereocenters. The zero-order valence-electron chi connectivity index (χ0n) is 12.8. The van der Waals surface area contributed by atoms with E-state index in [0.29, 0.717) is 5.65 Å². The summed E-state index contributed by atoms with van der Waals surface area (Å²) in [6.07, 6.45) is 6.17. The lowest BCUT2D eigenvalue weighted by Gasteiger charge is -2.16. The summed E-state index contributed by atoms with van der Waals surface area (Å²) in [5.74, 6) is -0.258. The van der Waals surface area contributed by atoms with E-state index in [1.807, 2.05) is 12.1 Å². The van der Waals surface area contributed by atoms with Crippen molar-refractivity contribution < 1.29 is 9.18 Å². The highest BCUT2D eigenvalue weighted by Crippen LogP contribution is 2.19. The number of rotatable bonds is 3. The molecule has 0 spiro atoms. The highest BCUT2D eigenvalue weighted by Gasteiger charge is 2.18. The number of halogens is 1. The van der Waals surface area contributed by atoms with Crippen LogP contribution in [0.4, 0.5) is 15.9 Å². The van der Waals surface area contributed by atoms with Gasteiger partial charge in [0, 0.05) is 19.3 Å². The molecule has 0 radical (unpaired) electrons. The number of hydrogen-bond acceptors (Lipinski definition) is 5. The highest BCUT2D eigenvalue weighted by molar-refractivity contribution is 6.03. The van der Waals surface area contributed by atoms with Crippen LogP contribution in [0, 0.1) is 5.82 Å². The first-order chi connectivity index (χ1) is 11.7. The van der Waals surface area contributed by atoms with Gasteiger partial charge >= 0.3 is 0 Å². The Morgan fingerprint density at radius 2 is 2.00 bits per heavy atom. The number of carbonyl (C=O) groups is 1. The van der Waals surface area contributed by atoms with Crippen molar-refractivity contribution in [3.8, 4) is 0 Å². The van der Waals surface area contributed by atoms with Gasteiger partial charge in [-0.3, -0.25) is 9.78 Å². The van der Waals surface area contributed by atoms with Crippen LogP contribution in [0.5, 0.6) is 0 Å². The van der Waals surface area contributed by atoms with Crippen LogP contribution >= 0.6 is 0 Å². The van der Waals surface area contributed by atoms with E-state index in [4.69, 9.17) is 0 Å². The standard InChI is InChI=1S/C16H15FN6O/c17-11-9-18-6-5-12(11)20-16(24)13-10-19-14-3-4-15(21-23(13)14)22-7-1-2-8-22/h3-6,9-10H,1-2,7-8H2,(H,18,20,24). The molecule has 0 saturated carbocycles. The number of imidazole rings is 1. The Labute approximate surface area is 137 Å². The van der Waals surface area contributed by atoms with Gasteiger partial charge in [0.25, 0.3) is 5.91 Å². The molecule has 24 heavy (non-hydrogen) atoms. The van der Waals surface area contributed by atoms with E-state index in [-0.39, 0.29) is 11.4 Å². The molecule has 0 bridgehead atoms. The molecule has 4 rings (SSSR count). The van der Waals surface area contributed by atoms with Gasteiger partial charge in [0.1, 0.15) is 5.82 Å². The van der Waals surface area contributed by atoms with Crippen LogP contribution in [0.25, 0.3) is 5.65 Å². The Kier molecular flexibility index (Phi) is 3.56. The SMILES string of the molecule is O=C(Nc1ccncc1F)c1cnc2ccc(N3CCCC3)nn12. The molecular weight excluding hydrogens is 311 g/mol. The van der Waals surface area contributed by atoms with E-state index in [1.54, 1.807) is 0 Å². The number of amides is 1. The lowest BCUT2D eigenvalue weighted by Crippen LogP contribution is -2.21. The topological polar surface area (TPSA) is 75.4 Å². The Balaban J connectivity index is 1.67. The second kappa shape index (κ2) is 5.88. The van der Waals surface area contributed by atoms with E-state index in [0.717, 1.165) is 37.9 Å². The molecule has 3 aromatic heterocycles. The van der Waals surface area contributed by atoms with Gasteiger partial charge in [-0.1, -0.05) is 0 Å². The van der Waals surface area contributed by atoms with Crippen molar-refractivity contribution in [2.75, 3.05) is 23.3 Å². The summed E-state index contributed by atoms with van der Waals surface area (Å²) in [5.41, 5.74) is 0.890. The fraction of sp³-hybridized carbons (Fsp3) is 0.250. The normalized spacial score (nSPS) is 14.3. The number of nitrogens with zero attached hydrogens (tertiary/aromatic N) is 5. The average Bonchev–Trinajstić information content (AvgIpc) is 3.25. The van der Waals surface area contributed by atoms with Crippen LogP contribution in [0.15, 0.2) is 36.8 Å². The molecule has 1 saturated heterocycles. The van der Waals surface area contributed by atoms with Gasteiger partial charge in [0.15, 0.2) is 17.2 Å². The third kappa shape index (κ3) is 2.55. The van der Waals surface area contributed by atoms with Crippen molar-refractivity contribution in [3.05, 3.63) is 48.3 Å². The first-order valence-electron chi connectivity index (χ1n) is 7.73. The molecule has 7 nitrogen and oxygen atoms in total. The first kappa shape index (κ1) is 14.6. The third-order valence-electron chi connectivity index (χ3n) is 4.03. The molecule has 1 N–H and O–H groups in total. The zero-order chi connectivity index (χ0) is 16.5. The van der Waals surface area contributed by atoms with Crippen LogP contribution < -0.4 is 10.2 Å². The van der Waals surface area contributed by atoms with Crippen molar-refractivity contribution in [1.82, 2.24) is 19.6 Å². The molecule has 3 aromatic rings. The van der Waals surface area contributed by atoms with Crippen LogP contribution in [-0.4, -0.2) is 38.6 Å². The van der Waals surface area contributed by atoms with Crippen LogP contribution in [0.2, 0.25) is 0 Å². The molecule has 8 heteroatoms. The summed E-state index contributed by atoms with van der Waals surface area (Å²) in [6.45, 7) is 1.91. The number of nitrogens with one attached hydrogen (secondary N) is 1. The molecule has 1 amide bonds. The summed E-state index contributed by atoms with van der Waals surface area (Å²) in [6, 6.07) is 5.13. The quantitative estimate of drug-likeness (QED) is 0.798. The number of aromatic nitrogens is 4. The Bertz CT molecular complexity index is 902. The van der Waals surface area contributed by atoms with Gasteiger partial charge in [-0.25, -0.2) is 13.9 Å². The second-order valence-electron chi connectivity index (χ2n) is 5.61. The van der Waals surface area contributed by atoms with Gasteiger partial charge in [-0.2, -0.15) is 0 Å². The summed E-state index contributed by atoms with van der Waals surface area (Å²) in [7, 11) is 0. The smallest absolute Gasteiger partial charge is 0.276 e. The molecule has 0 aliphatic carbocycles. The second-order valence-corrected chi connectivity index (χ2v) is 5.61. The van der Waals surface area contributed by atoms with E-state index >= 15 is 0 Å². The minimum Gasteiger partial charge on any atom is -0.355 e. The Morgan fingerprint density at radius 3 is 2.79 bits per heavy atom. The van der Waals surface area contributed by atoms with Crippen LogP contribution in [0.1, 0.15) is 23.3 Å². The zero-order valence-corrected chi connectivity index (χ0v) is 12.8. The number of anilines is 2. The minimum atomic E-state index is -0.592. The molecule has 1 fully saturated rings. The van der Waals surface area contributed by atoms with Crippen molar-refractivity contribution in [2.24, 2.45) is 0 Å². The van der Waals surface area contributed by atoms with E-state index in [2.05, 4.69) is 25.3 Å². The fourth-order valence-electron chi connectivity index (χ4n) is 2.80. The predicted molar refractivity (Wildman–Crippen MR) is 86.6 cm³/mol. The van der Waals surface area contributed by atoms with Gasteiger partial charge in [-0.05, 0) is 31.0 Å². The van der Waals surface area contributed by atoms with Crippen LogP contribution in [-0.2, 0) is 0 Å². The van der Waals surface area contributed by atoms with Crippen LogP contribution in [0.3, 0.4) is 0 Å². The lowest BCUT2D eigenvalue weighted by molar-refractivity contribution is 0.102. The molecular formula is C16H15FN6O. The third-order valence-corrected chi connectivity index (χ3v) is 4.03.